The van der Waals surface area contributed by atoms with Crippen LogP contribution in [0.2, 0.25) is 0 Å². The number of esters is 1. The number of anilines is 1. The molecule has 1 saturated carbocycles. The van der Waals surface area contributed by atoms with E-state index in [0.29, 0.717) is 5.69 Å². The number of sulfonamides is 1. The number of carbonyl (C=O) groups is 1. The van der Waals surface area contributed by atoms with Gasteiger partial charge in [-0.15, -0.1) is 0 Å². The topological polar surface area (TPSA) is 98.5 Å². The van der Waals surface area contributed by atoms with Gasteiger partial charge in [-0.3, -0.25) is 0 Å². The van der Waals surface area contributed by atoms with Crippen molar-refractivity contribution in [1.29, 1.82) is 0 Å². The highest BCUT2D eigenvalue weighted by atomic mass is 32.2. The van der Waals surface area contributed by atoms with Crippen LogP contribution in [0.15, 0.2) is 23.1 Å². The zero-order valence-corrected chi connectivity index (χ0v) is 13.7. The third-order valence-corrected chi connectivity index (χ3v) is 5.15. The third-order valence-electron chi connectivity index (χ3n) is 4.24. The van der Waals surface area contributed by atoms with Crippen molar-refractivity contribution in [2.24, 2.45) is 10.6 Å². The van der Waals surface area contributed by atoms with E-state index in [1.54, 1.807) is 6.07 Å². The van der Waals surface area contributed by atoms with Crippen molar-refractivity contribution in [2.45, 2.75) is 37.5 Å². The Morgan fingerprint density at radius 1 is 1.36 bits per heavy atom. The van der Waals surface area contributed by atoms with Gasteiger partial charge in [-0.2, -0.15) is 0 Å². The summed E-state index contributed by atoms with van der Waals surface area (Å²) in [6.07, 6.45) is 4.71. The predicted octanol–water partition coefficient (Wildman–Crippen LogP) is 2.11. The Bertz CT molecular complexity index is 664. The van der Waals surface area contributed by atoms with Crippen molar-refractivity contribution >= 4 is 21.7 Å². The summed E-state index contributed by atoms with van der Waals surface area (Å²) in [7, 11) is -2.60. The van der Waals surface area contributed by atoms with Gasteiger partial charge in [-0.25, -0.2) is 18.4 Å². The molecule has 0 spiro atoms. The number of ether oxygens (including phenoxy) is 1. The third kappa shape index (κ3) is 3.78. The molecule has 0 saturated heterocycles. The molecule has 0 unspecified atom stereocenters. The number of nitrogens with two attached hydrogens (primary N) is 1. The van der Waals surface area contributed by atoms with Crippen LogP contribution in [-0.2, 0) is 14.8 Å². The second-order valence-electron chi connectivity index (χ2n) is 6.12. The van der Waals surface area contributed by atoms with Crippen LogP contribution in [0.1, 0.15) is 43.0 Å². The normalized spacial score (nSPS) is 17.2. The molecule has 3 N–H and O–H groups in total. The Balaban J connectivity index is 2.28. The maximum atomic E-state index is 11.9. The minimum atomic E-state index is -3.86. The predicted molar refractivity (Wildman–Crippen MR) is 84.2 cm³/mol. The van der Waals surface area contributed by atoms with Crippen LogP contribution in [0.25, 0.3) is 0 Å². The van der Waals surface area contributed by atoms with Gasteiger partial charge in [-0.1, -0.05) is 19.8 Å². The van der Waals surface area contributed by atoms with Gasteiger partial charge in [0.25, 0.3) is 0 Å². The average molecular weight is 326 g/mol. The second-order valence-corrected chi connectivity index (χ2v) is 7.68. The smallest absolute Gasteiger partial charge is 0.340 e. The number of hydrogen-bond acceptors (Lipinski definition) is 5. The molecule has 0 bridgehead atoms. The van der Waals surface area contributed by atoms with E-state index in [9.17, 15) is 13.2 Å². The number of carbonyl (C=O) groups excluding carboxylic acids is 1. The fourth-order valence-electron chi connectivity index (χ4n) is 2.85. The average Bonchev–Trinajstić information content (AvgIpc) is 2.90. The molecule has 0 heterocycles. The van der Waals surface area contributed by atoms with Crippen LogP contribution in [0, 0.1) is 5.41 Å². The van der Waals surface area contributed by atoms with E-state index >= 15 is 0 Å². The Labute approximate surface area is 131 Å². The maximum Gasteiger partial charge on any atom is 0.340 e. The molecule has 0 aliphatic heterocycles. The highest BCUT2D eigenvalue weighted by Gasteiger charge is 2.29. The lowest BCUT2D eigenvalue weighted by Gasteiger charge is -2.25. The molecule has 122 valence electrons. The first kappa shape index (κ1) is 16.8. The number of hydrogen-bond donors (Lipinski definition) is 2. The first-order chi connectivity index (χ1) is 10.2. The summed E-state index contributed by atoms with van der Waals surface area (Å²) in [6, 6.07) is 4.20. The van der Waals surface area contributed by atoms with E-state index in [0.717, 1.165) is 19.4 Å². The maximum absolute atomic E-state index is 11.9. The number of nitrogens with one attached hydrogen (secondary N) is 1. The van der Waals surface area contributed by atoms with Crippen LogP contribution in [0.5, 0.6) is 0 Å². The van der Waals surface area contributed by atoms with Gasteiger partial charge in [0.05, 0.1) is 17.6 Å². The minimum Gasteiger partial charge on any atom is -0.465 e. The Kier molecular flexibility index (Phi) is 4.77. The molecular weight excluding hydrogens is 304 g/mol. The van der Waals surface area contributed by atoms with Crippen LogP contribution in [0.4, 0.5) is 5.69 Å². The van der Waals surface area contributed by atoms with Crippen molar-refractivity contribution in [3.05, 3.63) is 23.8 Å². The van der Waals surface area contributed by atoms with Crippen LogP contribution >= 0.6 is 0 Å². The van der Waals surface area contributed by atoms with Crippen molar-refractivity contribution in [1.82, 2.24) is 0 Å². The van der Waals surface area contributed by atoms with Gasteiger partial charge in [0, 0.05) is 12.2 Å². The van der Waals surface area contributed by atoms with Crippen molar-refractivity contribution in [2.75, 3.05) is 19.0 Å². The minimum absolute atomic E-state index is 0.106. The Morgan fingerprint density at radius 3 is 2.55 bits per heavy atom. The summed E-state index contributed by atoms with van der Waals surface area (Å²) < 4.78 is 27.6. The van der Waals surface area contributed by atoms with Crippen LogP contribution in [0.3, 0.4) is 0 Å². The molecule has 6 nitrogen and oxygen atoms in total. The molecule has 0 atom stereocenters. The lowest BCUT2D eigenvalue weighted by molar-refractivity contribution is 0.0601. The van der Waals surface area contributed by atoms with Crippen molar-refractivity contribution < 1.29 is 17.9 Å². The lowest BCUT2D eigenvalue weighted by Crippen LogP contribution is -2.24. The first-order valence-electron chi connectivity index (χ1n) is 7.24. The van der Waals surface area contributed by atoms with E-state index in [2.05, 4.69) is 12.2 Å². The zero-order chi connectivity index (χ0) is 16.4. The zero-order valence-electron chi connectivity index (χ0n) is 12.9. The summed E-state index contributed by atoms with van der Waals surface area (Å²) in [4.78, 5) is 11.8. The van der Waals surface area contributed by atoms with E-state index in [4.69, 9.17) is 9.88 Å². The molecule has 2 rings (SSSR count). The number of primary sulfonamides is 1. The molecule has 1 aromatic rings. The summed E-state index contributed by atoms with van der Waals surface area (Å²) in [5, 5.41) is 8.36. The van der Waals surface area contributed by atoms with Crippen LogP contribution < -0.4 is 10.5 Å². The quantitative estimate of drug-likeness (QED) is 0.808. The summed E-state index contributed by atoms with van der Waals surface area (Å²) in [5.41, 5.74) is 0.939. The molecule has 22 heavy (non-hydrogen) atoms. The van der Waals surface area contributed by atoms with Crippen LogP contribution in [-0.4, -0.2) is 28.0 Å². The van der Waals surface area contributed by atoms with Gasteiger partial charge in [0.1, 0.15) is 0 Å². The summed E-state index contributed by atoms with van der Waals surface area (Å²) >= 11 is 0. The van der Waals surface area contributed by atoms with Gasteiger partial charge >= 0.3 is 5.97 Å². The molecule has 0 radical (unpaired) electrons. The number of methoxy groups -OCH3 is 1. The molecule has 0 aromatic heterocycles. The largest absolute Gasteiger partial charge is 0.465 e. The lowest BCUT2D eigenvalue weighted by atomic mass is 9.89. The molecule has 0 amide bonds. The Hall–Kier alpha value is -1.60. The molecule has 1 fully saturated rings. The highest BCUT2D eigenvalue weighted by Crippen LogP contribution is 2.37. The molecule has 1 aromatic carbocycles. The Morgan fingerprint density at radius 2 is 2.00 bits per heavy atom. The number of benzene rings is 1. The highest BCUT2D eigenvalue weighted by molar-refractivity contribution is 7.89. The fraction of sp³-hybridized carbons (Fsp3) is 0.533. The second kappa shape index (κ2) is 6.26. The standard InChI is InChI=1S/C15H22N2O4S/c1-15(7-3-4-8-15)10-17-13-6-5-11(22(16,19)20)9-12(13)14(18)21-2/h5-6,9,17H,3-4,7-8,10H2,1-2H3,(H2,16,19,20). The van der Waals surface area contributed by atoms with Gasteiger partial charge < -0.3 is 10.1 Å². The van der Waals surface area contributed by atoms with Gasteiger partial charge in [-0.05, 0) is 36.5 Å². The molecule has 7 heteroatoms. The van der Waals surface area contributed by atoms with Crippen molar-refractivity contribution in [3.8, 4) is 0 Å². The van der Waals surface area contributed by atoms with E-state index < -0.39 is 16.0 Å². The van der Waals surface area contributed by atoms with Gasteiger partial charge in [0.15, 0.2) is 0 Å². The first-order valence-corrected chi connectivity index (χ1v) is 8.79. The van der Waals surface area contributed by atoms with E-state index in [-0.39, 0.29) is 15.9 Å². The monoisotopic (exact) mass is 326 g/mol. The fourth-order valence-corrected chi connectivity index (χ4v) is 3.39. The van der Waals surface area contributed by atoms with Gasteiger partial charge in [0.2, 0.25) is 10.0 Å². The summed E-state index contributed by atoms with van der Waals surface area (Å²) in [6.45, 7) is 2.94. The molecular formula is C15H22N2O4S. The molecule has 1 aliphatic carbocycles. The van der Waals surface area contributed by atoms with E-state index in [1.807, 2.05) is 0 Å². The SMILES string of the molecule is COC(=O)c1cc(S(N)(=O)=O)ccc1NCC1(C)CCCC1. The van der Waals surface area contributed by atoms with E-state index in [1.165, 1.54) is 32.1 Å². The van der Waals surface area contributed by atoms with Crippen molar-refractivity contribution in [3.63, 3.8) is 0 Å². The summed E-state index contributed by atoms with van der Waals surface area (Å²) in [5.74, 6) is -0.593. The number of rotatable bonds is 5. The molecule has 1 aliphatic rings.